The maximum Gasteiger partial charge on any atom is 0.266 e. The molecule has 3 N–H and O–H groups in total. The average molecular weight is 414 g/mol. The summed E-state index contributed by atoms with van der Waals surface area (Å²) in [6.07, 6.45) is 1.39. The van der Waals surface area contributed by atoms with Gasteiger partial charge in [-0.3, -0.25) is 9.59 Å². The van der Waals surface area contributed by atoms with Crippen LogP contribution in [0.3, 0.4) is 0 Å². The van der Waals surface area contributed by atoms with E-state index in [1.807, 2.05) is 19.1 Å². The van der Waals surface area contributed by atoms with Crippen molar-refractivity contribution < 1.29 is 19.1 Å². The van der Waals surface area contributed by atoms with Gasteiger partial charge in [0.2, 0.25) is 0 Å². The number of amides is 2. The van der Waals surface area contributed by atoms with Crippen LogP contribution in [0, 0.1) is 18.3 Å². The first-order valence-electron chi connectivity index (χ1n) is 8.71. The number of carbonyl (C=O) groups is 2. The van der Waals surface area contributed by atoms with Crippen molar-refractivity contribution in [2.75, 3.05) is 18.5 Å². The summed E-state index contributed by atoms with van der Waals surface area (Å²) in [5, 5.41) is 12.2. The SMILES string of the molecule is CCOc1cc(/C=C(\C#N)C(=O)Nc2cccc(C)c2)cc(Cl)c1OCC(N)=O. The van der Waals surface area contributed by atoms with E-state index in [1.165, 1.54) is 12.1 Å². The summed E-state index contributed by atoms with van der Waals surface area (Å²) in [5.41, 5.74) is 7.00. The van der Waals surface area contributed by atoms with Gasteiger partial charge in [-0.2, -0.15) is 5.26 Å². The predicted octanol–water partition coefficient (Wildman–Crippen LogP) is 3.46. The van der Waals surface area contributed by atoms with Crippen molar-refractivity contribution in [3.63, 3.8) is 0 Å². The van der Waals surface area contributed by atoms with Gasteiger partial charge in [-0.25, -0.2) is 0 Å². The first kappa shape index (κ1) is 21.8. The Kier molecular flexibility index (Phi) is 7.63. The molecule has 2 amide bonds. The molecule has 0 aliphatic rings. The Morgan fingerprint density at radius 2 is 2.03 bits per heavy atom. The molecule has 7 nitrogen and oxygen atoms in total. The monoisotopic (exact) mass is 413 g/mol. The molecular weight excluding hydrogens is 394 g/mol. The second kappa shape index (κ2) is 10.2. The first-order valence-corrected chi connectivity index (χ1v) is 9.09. The van der Waals surface area contributed by atoms with Crippen LogP contribution in [0.1, 0.15) is 18.1 Å². The van der Waals surface area contributed by atoms with Crippen molar-refractivity contribution in [2.24, 2.45) is 5.73 Å². The zero-order valence-electron chi connectivity index (χ0n) is 16.0. The van der Waals surface area contributed by atoms with Crippen molar-refractivity contribution >= 4 is 35.2 Å². The number of rotatable bonds is 8. The molecule has 0 aliphatic heterocycles. The van der Waals surface area contributed by atoms with Crippen LogP contribution in [-0.2, 0) is 9.59 Å². The van der Waals surface area contributed by atoms with Crippen LogP contribution in [0.2, 0.25) is 5.02 Å². The molecule has 2 aromatic carbocycles. The number of primary amides is 1. The number of halogens is 1. The Bertz CT molecular complexity index is 996. The largest absolute Gasteiger partial charge is 0.490 e. The van der Waals surface area contributed by atoms with Gasteiger partial charge >= 0.3 is 0 Å². The third-order valence-electron chi connectivity index (χ3n) is 3.64. The van der Waals surface area contributed by atoms with E-state index in [4.69, 9.17) is 26.8 Å². The summed E-state index contributed by atoms with van der Waals surface area (Å²) in [5.74, 6) is -0.788. The van der Waals surface area contributed by atoms with Crippen molar-refractivity contribution in [1.82, 2.24) is 0 Å². The van der Waals surface area contributed by atoms with Crippen molar-refractivity contribution in [3.8, 4) is 17.6 Å². The van der Waals surface area contributed by atoms with E-state index >= 15 is 0 Å². The molecule has 0 aliphatic carbocycles. The number of nitrogens with two attached hydrogens (primary N) is 1. The number of nitrogens with zero attached hydrogens (tertiary/aromatic N) is 1. The summed E-state index contributed by atoms with van der Waals surface area (Å²) >= 11 is 6.24. The number of hydrogen-bond donors (Lipinski definition) is 2. The number of aryl methyl sites for hydroxylation is 1. The highest BCUT2D eigenvalue weighted by atomic mass is 35.5. The van der Waals surface area contributed by atoms with Crippen LogP contribution < -0.4 is 20.5 Å². The second-order valence-corrected chi connectivity index (χ2v) is 6.42. The molecule has 0 fully saturated rings. The van der Waals surface area contributed by atoms with Gasteiger partial charge in [0.25, 0.3) is 11.8 Å². The molecule has 0 saturated heterocycles. The normalized spacial score (nSPS) is 10.8. The van der Waals surface area contributed by atoms with Crippen LogP contribution in [-0.4, -0.2) is 25.0 Å². The highest BCUT2D eigenvalue weighted by Crippen LogP contribution is 2.37. The van der Waals surface area contributed by atoms with E-state index in [9.17, 15) is 14.9 Å². The molecular formula is C21H20ClN3O4. The molecule has 0 heterocycles. The lowest BCUT2D eigenvalue weighted by atomic mass is 10.1. The molecule has 0 unspecified atom stereocenters. The number of anilines is 1. The lowest BCUT2D eigenvalue weighted by Gasteiger charge is -2.13. The van der Waals surface area contributed by atoms with Gasteiger partial charge in [-0.1, -0.05) is 23.7 Å². The van der Waals surface area contributed by atoms with Crippen LogP contribution in [0.4, 0.5) is 5.69 Å². The summed E-state index contributed by atoms with van der Waals surface area (Å²) in [7, 11) is 0. The summed E-state index contributed by atoms with van der Waals surface area (Å²) < 4.78 is 10.8. The van der Waals surface area contributed by atoms with E-state index in [-0.39, 0.29) is 28.7 Å². The second-order valence-electron chi connectivity index (χ2n) is 6.01. The summed E-state index contributed by atoms with van der Waals surface area (Å²) in [6, 6.07) is 12.2. The molecule has 150 valence electrons. The third-order valence-corrected chi connectivity index (χ3v) is 3.92. The minimum Gasteiger partial charge on any atom is -0.490 e. The van der Waals surface area contributed by atoms with Gasteiger partial charge in [0, 0.05) is 5.69 Å². The van der Waals surface area contributed by atoms with Crippen LogP contribution in [0.5, 0.6) is 11.5 Å². The lowest BCUT2D eigenvalue weighted by Crippen LogP contribution is -2.20. The smallest absolute Gasteiger partial charge is 0.266 e. The molecule has 2 rings (SSSR count). The summed E-state index contributed by atoms with van der Waals surface area (Å²) in [6.45, 7) is 3.62. The molecule has 0 spiro atoms. The van der Waals surface area contributed by atoms with Crippen molar-refractivity contribution in [1.29, 1.82) is 5.26 Å². The Hall–Kier alpha value is -3.50. The number of hydrogen-bond acceptors (Lipinski definition) is 5. The zero-order valence-corrected chi connectivity index (χ0v) is 16.7. The van der Waals surface area contributed by atoms with Crippen molar-refractivity contribution in [2.45, 2.75) is 13.8 Å². The van der Waals surface area contributed by atoms with E-state index in [1.54, 1.807) is 31.2 Å². The van der Waals surface area contributed by atoms with Gasteiger partial charge in [0.15, 0.2) is 18.1 Å². The first-order chi connectivity index (χ1) is 13.8. The number of nitriles is 1. The van der Waals surface area contributed by atoms with E-state index < -0.39 is 11.8 Å². The molecule has 0 aromatic heterocycles. The maximum atomic E-state index is 12.5. The predicted molar refractivity (Wildman–Crippen MR) is 111 cm³/mol. The highest BCUT2D eigenvalue weighted by Gasteiger charge is 2.15. The van der Waals surface area contributed by atoms with Crippen LogP contribution in [0.25, 0.3) is 6.08 Å². The fraction of sp³-hybridized carbons (Fsp3) is 0.190. The molecule has 29 heavy (non-hydrogen) atoms. The van der Waals surface area contributed by atoms with E-state index in [0.717, 1.165) is 5.56 Å². The maximum absolute atomic E-state index is 12.5. The molecule has 0 saturated carbocycles. The third kappa shape index (κ3) is 6.26. The Morgan fingerprint density at radius 1 is 1.28 bits per heavy atom. The molecule has 0 bridgehead atoms. The standard InChI is InChI=1S/C21H20ClN3O4/c1-3-28-18-10-14(9-17(22)20(18)29-12-19(24)26)8-15(11-23)21(27)25-16-6-4-5-13(2)7-16/h4-10H,3,12H2,1-2H3,(H2,24,26)(H,25,27)/b15-8+. The molecule has 8 heteroatoms. The topological polar surface area (TPSA) is 114 Å². The summed E-state index contributed by atoms with van der Waals surface area (Å²) in [4.78, 5) is 23.4. The fourth-order valence-corrected chi connectivity index (χ4v) is 2.73. The van der Waals surface area contributed by atoms with Gasteiger partial charge in [0.1, 0.15) is 11.6 Å². The van der Waals surface area contributed by atoms with Gasteiger partial charge in [0.05, 0.1) is 11.6 Å². The van der Waals surface area contributed by atoms with Crippen LogP contribution in [0.15, 0.2) is 42.0 Å². The number of benzene rings is 2. The van der Waals surface area contributed by atoms with E-state index in [2.05, 4.69) is 5.32 Å². The average Bonchev–Trinajstić information content (AvgIpc) is 2.65. The highest BCUT2D eigenvalue weighted by molar-refractivity contribution is 6.32. The van der Waals surface area contributed by atoms with Gasteiger partial charge < -0.3 is 20.5 Å². The molecule has 0 atom stereocenters. The van der Waals surface area contributed by atoms with E-state index in [0.29, 0.717) is 17.9 Å². The fourth-order valence-electron chi connectivity index (χ4n) is 2.45. The Balaban J connectivity index is 2.33. The van der Waals surface area contributed by atoms with Crippen molar-refractivity contribution in [3.05, 3.63) is 58.1 Å². The number of carbonyl (C=O) groups excluding carboxylic acids is 2. The van der Waals surface area contributed by atoms with Gasteiger partial charge in [-0.05, 0) is 55.3 Å². The molecule has 2 aromatic rings. The number of ether oxygens (including phenoxy) is 2. The van der Waals surface area contributed by atoms with Gasteiger partial charge in [-0.15, -0.1) is 0 Å². The zero-order chi connectivity index (χ0) is 21.4. The lowest BCUT2D eigenvalue weighted by molar-refractivity contribution is -0.120. The van der Waals surface area contributed by atoms with Crippen LogP contribution >= 0.6 is 11.6 Å². The Labute approximate surface area is 173 Å². The minimum absolute atomic E-state index is 0.115. The quantitative estimate of drug-likeness (QED) is 0.508. The Morgan fingerprint density at radius 3 is 2.66 bits per heavy atom. The molecule has 0 radical (unpaired) electrons. The number of nitrogens with one attached hydrogen (secondary N) is 1. The minimum atomic E-state index is -0.660.